The normalized spacial score (nSPS) is 10.0. The Hall–Kier alpha value is -2.77. The van der Waals surface area contributed by atoms with Crippen LogP contribution in [0.3, 0.4) is 0 Å². The summed E-state index contributed by atoms with van der Waals surface area (Å²) in [7, 11) is 3.94. The van der Waals surface area contributed by atoms with Gasteiger partial charge in [-0.1, -0.05) is 12.1 Å². The number of hydrogen-bond acceptors (Lipinski definition) is 8. The van der Waals surface area contributed by atoms with E-state index in [0.717, 1.165) is 5.56 Å². The topological polar surface area (TPSA) is 97.4 Å². The van der Waals surface area contributed by atoms with Crippen molar-refractivity contribution in [3.05, 3.63) is 29.8 Å². The first-order valence-electron chi connectivity index (χ1n) is 7.08. The fourth-order valence-corrected chi connectivity index (χ4v) is 1.73. The van der Waals surface area contributed by atoms with Crippen LogP contribution in [0, 0.1) is 0 Å². The average Bonchev–Trinajstić information content (AvgIpc) is 2.59. The molecule has 0 saturated carbocycles. The second-order valence-electron chi connectivity index (χ2n) is 4.69. The molecule has 132 valence electrons. The minimum Gasteiger partial charge on any atom is -0.497 e. The molecule has 0 heterocycles. The van der Waals surface area contributed by atoms with Crippen molar-refractivity contribution in [2.75, 3.05) is 21.3 Å². The molecular weight excluding hydrogens is 320 g/mol. The highest BCUT2D eigenvalue weighted by Gasteiger charge is 2.23. The predicted octanol–water partition coefficient (Wildman–Crippen LogP) is 1.84. The molecule has 0 fully saturated rings. The van der Waals surface area contributed by atoms with Crippen LogP contribution in [0.2, 0.25) is 0 Å². The van der Waals surface area contributed by atoms with Crippen molar-refractivity contribution in [1.82, 2.24) is 0 Å². The number of carbonyl (C=O) groups is 3. The Morgan fingerprint density at radius 2 is 1.46 bits per heavy atom. The summed E-state index contributed by atoms with van der Waals surface area (Å²) in [5.74, 6) is -0.559. The van der Waals surface area contributed by atoms with Gasteiger partial charge < -0.3 is 23.7 Å². The first-order chi connectivity index (χ1) is 11.5. The molecule has 0 bridgehead atoms. The molecule has 0 amide bonds. The molecular formula is C16H20O8. The zero-order valence-electron chi connectivity index (χ0n) is 13.8. The van der Waals surface area contributed by atoms with Gasteiger partial charge in [0, 0.05) is 0 Å². The van der Waals surface area contributed by atoms with Crippen molar-refractivity contribution in [3.8, 4) is 5.75 Å². The molecule has 0 aliphatic carbocycles. The maximum Gasteiger partial charge on any atom is 0.508 e. The number of rotatable bonds is 8. The molecule has 0 aliphatic rings. The Morgan fingerprint density at radius 1 is 0.917 bits per heavy atom. The number of esters is 2. The number of ether oxygens (including phenoxy) is 5. The van der Waals surface area contributed by atoms with Gasteiger partial charge in [0.05, 0.1) is 34.2 Å². The minimum atomic E-state index is -1.02. The zero-order chi connectivity index (χ0) is 17.9. The van der Waals surface area contributed by atoms with E-state index in [1.807, 2.05) is 0 Å². The molecule has 8 heteroatoms. The molecule has 1 aromatic rings. The van der Waals surface area contributed by atoms with Crippen LogP contribution < -0.4 is 4.74 Å². The Labute approximate surface area is 139 Å². The molecule has 0 N–H and O–H groups in total. The largest absolute Gasteiger partial charge is 0.508 e. The number of hydrogen-bond donors (Lipinski definition) is 0. The molecule has 0 unspecified atom stereocenters. The van der Waals surface area contributed by atoms with Crippen molar-refractivity contribution in [1.29, 1.82) is 0 Å². The number of methoxy groups -OCH3 is 3. The van der Waals surface area contributed by atoms with E-state index < -0.39 is 24.2 Å². The van der Waals surface area contributed by atoms with Gasteiger partial charge in [-0.25, -0.2) is 4.79 Å². The van der Waals surface area contributed by atoms with Gasteiger partial charge in [-0.3, -0.25) is 9.59 Å². The second kappa shape index (κ2) is 10.1. The fraction of sp³-hybridized carbons (Fsp3) is 0.438. The Balaban J connectivity index is 2.52. The highest BCUT2D eigenvalue weighted by atomic mass is 16.7. The lowest BCUT2D eigenvalue weighted by molar-refractivity contribution is -0.147. The van der Waals surface area contributed by atoms with Gasteiger partial charge >= 0.3 is 18.1 Å². The van der Waals surface area contributed by atoms with E-state index in [1.165, 1.54) is 14.2 Å². The fourth-order valence-electron chi connectivity index (χ4n) is 1.73. The Kier molecular flexibility index (Phi) is 8.10. The van der Waals surface area contributed by atoms with E-state index >= 15 is 0 Å². The van der Waals surface area contributed by atoms with Crippen molar-refractivity contribution in [2.45, 2.75) is 25.6 Å². The molecule has 0 saturated heterocycles. The first-order valence-corrected chi connectivity index (χ1v) is 7.08. The predicted molar refractivity (Wildman–Crippen MR) is 81.3 cm³/mol. The number of carbonyl (C=O) groups excluding carboxylic acids is 3. The van der Waals surface area contributed by atoms with Crippen molar-refractivity contribution < 1.29 is 38.1 Å². The summed E-state index contributed by atoms with van der Waals surface area (Å²) >= 11 is 0. The summed E-state index contributed by atoms with van der Waals surface area (Å²) < 4.78 is 23.9. The highest BCUT2D eigenvalue weighted by molar-refractivity contribution is 5.74. The Bertz CT molecular complexity index is 534. The molecule has 0 spiro atoms. The van der Waals surface area contributed by atoms with E-state index in [0.29, 0.717) is 5.75 Å². The summed E-state index contributed by atoms with van der Waals surface area (Å²) in [5, 5.41) is 0. The summed E-state index contributed by atoms with van der Waals surface area (Å²) in [6.07, 6.45) is -2.57. The van der Waals surface area contributed by atoms with E-state index in [4.69, 9.17) is 14.2 Å². The molecule has 8 nitrogen and oxygen atoms in total. The van der Waals surface area contributed by atoms with Gasteiger partial charge in [0.15, 0.2) is 0 Å². The van der Waals surface area contributed by atoms with Crippen LogP contribution in [0.15, 0.2) is 24.3 Å². The summed E-state index contributed by atoms with van der Waals surface area (Å²) in [5.41, 5.74) is 0.727. The van der Waals surface area contributed by atoms with Crippen LogP contribution in [-0.2, 0) is 35.1 Å². The molecule has 24 heavy (non-hydrogen) atoms. The second-order valence-corrected chi connectivity index (χ2v) is 4.69. The lowest BCUT2D eigenvalue weighted by Crippen LogP contribution is -2.26. The lowest BCUT2D eigenvalue weighted by atomic mass is 10.2. The first kappa shape index (κ1) is 19.3. The molecule has 0 atom stereocenters. The van der Waals surface area contributed by atoms with E-state index in [1.54, 1.807) is 31.4 Å². The van der Waals surface area contributed by atoms with Crippen LogP contribution in [0.4, 0.5) is 4.79 Å². The third-order valence-electron chi connectivity index (χ3n) is 3.02. The molecule has 0 aromatic heterocycles. The third kappa shape index (κ3) is 6.99. The van der Waals surface area contributed by atoms with Gasteiger partial charge in [-0.2, -0.15) is 0 Å². The van der Waals surface area contributed by atoms with E-state index in [-0.39, 0.29) is 19.4 Å². The highest BCUT2D eigenvalue weighted by Crippen LogP contribution is 2.13. The van der Waals surface area contributed by atoms with Crippen LogP contribution in [0.1, 0.15) is 18.4 Å². The van der Waals surface area contributed by atoms with Crippen molar-refractivity contribution in [2.24, 2.45) is 0 Å². The Morgan fingerprint density at radius 3 is 1.92 bits per heavy atom. The quantitative estimate of drug-likeness (QED) is 0.522. The monoisotopic (exact) mass is 340 g/mol. The summed E-state index contributed by atoms with van der Waals surface area (Å²) in [6, 6.07) is 6.90. The lowest BCUT2D eigenvalue weighted by Gasteiger charge is -2.15. The molecule has 0 aliphatic heterocycles. The smallest absolute Gasteiger partial charge is 0.497 e. The minimum absolute atomic E-state index is 0.0218. The standard InChI is InChI=1S/C16H20O8/c1-20-12-6-4-11(5-7-12)10-23-16(19)24-13(8-14(17)21-2)9-15(18)22-3/h4-7,13H,8-10H2,1-3H3. The van der Waals surface area contributed by atoms with Crippen LogP contribution in [0.5, 0.6) is 5.75 Å². The van der Waals surface area contributed by atoms with Gasteiger partial charge in [0.1, 0.15) is 18.5 Å². The maximum absolute atomic E-state index is 11.7. The molecule has 0 radical (unpaired) electrons. The van der Waals surface area contributed by atoms with Crippen molar-refractivity contribution in [3.63, 3.8) is 0 Å². The van der Waals surface area contributed by atoms with Gasteiger partial charge in [0.2, 0.25) is 0 Å². The average molecular weight is 340 g/mol. The van der Waals surface area contributed by atoms with Gasteiger partial charge in [-0.05, 0) is 17.7 Å². The zero-order valence-corrected chi connectivity index (χ0v) is 13.8. The number of benzene rings is 1. The summed E-state index contributed by atoms with van der Waals surface area (Å²) in [6.45, 7) is -0.0218. The van der Waals surface area contributed by atoms with Gasteiger partial charge in [-0.15, -0.1) is 0 Å². The van der Waals surface area contributed by atoms with E-state index in [9.17, 15) is 14.4 Å². The van der Waals surface area contributed by atoms with Crippen LogP contribution in [0.25, 0.3) is 0 Å². The molecule has 1 aromatic carbocycles. The van der Waals surface area contributed by atoms with Crippen LogP contribution in [-0.4, -0.2) is 45.5 Å². The SMILES string of the molecule is COC(=O)CC(CC(=O)OC)OC(=O)OCc1ccc(OC)cc1. The molecule has 1 rings (SSSR count). The van der Waals surface area contributed by atoms with Crippen LogP contribution >= 0.6 is 0 Å². The maximum atomic E-state index is 11.7. The van der Waals surface area contributed by atoms with Gasteiger partial charge in [0.25, 0.3) is 0 Å². The summed E-state index contributed by atoms with van der Waals surface area (Å²) in [4.78, 5) is 34.3. The van der Waals surface area contributed by atoms with Crippen molar-refractivity contribution >= 4 is 18.1 Å². The third-order valence-corrected chi connectivity index (χ3v) is 3.02. The van der Waals surface area contributed by atoms with E-state index in [2.05, 4.69) is 9.47 Å².